The molecule has 0 heterocycles. The zero-order valence-corrected chi connectivity index (χ0v) is 10.2. The van der Waals surface area contributed by atoms with Crippen molar-refractivity contribution in [2.75, 3.05) is 0 Å². The van der Waals surface area contributed by atoms with Crippen LogP contribution in [0.4, 0.5) is 0 Å². The minimum atomic E-state index is -1.75. The molecule has 1 aliphatic rings. The van der Waals surface area contributed by atoms with Crippen LogP contribution in [-0.2, 0) is 19.1 Å². The van der Waals surface area contributed by atoms with Gasteiger partial charge in [-0.2, -0.15) is 0 Å². The van der Waals surface area contributed by atoms with Crippen molar-refractivity contribution in [1.29, 1.82) is 0 Å². The minimum absolute atomic E-state index is 0.499. The van der Waals surface area contributed by atoms with Crippen LogP contribution < -0.4 is 0 Å². The van der Waals surface area contributed by atoms with Crippen molar-refractivity contribution < 1.29 is 20.4 Å². The van der Waals surface area contributed by atoms with E-state index in [0.717, 1.165) is 5.56 Å². The Kier molecular flexibility index (Phi) is 3.08. The average molecular weight is 247 g/mol. The van der Waals surface area contributed by atoms with E-state index in [4.69, 9.17) is 10.8 Å². The molecular formula is C14H14O4. The van der Waals surface area contributed by atoms with Gasteiger partial charge in [-0.3, -0.25) is 9.59 Å². The first-order valence-electron chi connectivity index (χ1n) is 6.08. The first-order chi connectivity index (χ1) is 8.93. The van der Waals surface area contributed by atoms with Gasteiger partial charge in [-0.05, 0) is 11.6 Å². The lowest BCUT2D eigenvalue weighted by Crippen LogP contribution is -2.28. The van der Waals surface area contributed by atoms with E-state index in [-0.39, 0.29) is 0 Å². The molecule has 1 aliphatic carbocycles. The molecule has 0 fully saturated rings. The van der Waals surface area contributed by atoms with E-state index in [9.17, 15) is 9.59 Å². The van der Waals surface area contributed by atoms with Gasteiger partial charge in [-0.1, -0.05) is 30.3 Å². The average Bonchev–Trinajstić information content (AvgIpc) is 2.32. The Labute approximate surface area is 107 Å². The molecule has 2 rings (SSSR count). The number of ether oxygens (including phenoxy) is 2. The third kappa shape index (κ3) is 2.59. The summed E-state index contributed by atoms with van der Waals surface area (Å²) in [5.74, 6) is -1.13. The van der Waals surface area contributed by atoms with Crippen LogP contribution in [-0.4, -0.2) is 18.0 Å². The Morgan fingerprint density at radius 3 is 2.50 bits per heavy atom. The largest absolute Gasteiger partial charge is 0.454 e. The molecule has 0 aromatic heterocycles. The molecule has 0 saturated carbocycles. The first kappa shape index (κ1) is 11.0. The Morgan fingerprint density at radius 1 is 1.17 bits per heavy atom. The van der Waals surface area contributed by atoms with Crippen LogP contribution in [0.15, 0.2) is 30.3 Å². The van der Waals surface area contributed by atoms with E-state index in [1.807, 2.05) is 12.1 Å². The molecule has 1 aromatic carbocycles. The molecule has 0 radical (unpaired) electrons. The highest BCUT2D eigenvalue weighted by Crippen LogP contribution is 2.32. The van der Waals surface area contributed by atoms with Gasteiger partial charge in [-0.25, -0.2) is 0 Å². The zero-order chi connectivity index (χ0) is 14.0. The summed E-state index contributed by atoms with van der Waals surface area (Å²) in [4.78, 5) is 22.4. The van der Waals surface area contributed by atoms with Crippen molar-refractivity contribution in [2.24, 2.45) is 0 Å². The summed E-state index contributed by atoms with van der Waals surface area (Å²) in [5.41, 5.74) is 1.26. The molecule has 0 N–H and O–H groups in total. The first-order valence-corrected chi connectivity index (χ1v) is 5.58. The van der Waals surface area contributed by atoms with Crippen LogP contribution >= 0.6 is 0 Å². The van der Waals surface area contributed by atoms with Crippen molar-refractivity contribution in [2.45, 2.75) is 26.0 Å². The summed E-state index contributed by atoms with van der Waals surface area (Å²) in [6, 6.07) is 7.06. The number of benzene rings is 1. The number of esters is 2. The Balaban J connectivity index is 2.48. The maximum atomic E-state index is 11.3. The van der Waals surface area contributed by atoms with E-state index >= 15 is 0 Å². The van der Waals surface area contributed by atoms with Crippen molar-refractivity contribution in [3.63, 3.8) is 0 Å². The lowest BCUT2D eigenvalue weighted by Gasteiger charge is -2.28. The number of hydrogen-bond acceptors (Lipinski definition) is 4. The molecule has 2 atom stereocenters. The van der Waals surface area contributed by atoms with Gasteiger partial charge in [0.25, 0.3) is 0 Å². The summed E-state index contributed by atoms with van der Waals surface area (Å²) in [5, 5.41) is 0. The Bertz CT molecular complexity index is 552. The quantitative estimate of drug-likeness (QED) is 0.752. The van der Waals surface area contributed by atoms with Gasteiger partial charge < -0.3 is 9.47 Å². The van der Waals surface area contributed by atoms with Crippen molar-refractivity contribution in [1.82, 2.24) is 0 Å². The molecule has 4 heteroatoms. The Morgan fingerprint density at radius 2 is 1.83 bits per heavy atom. The number of hydrogen-bond donors (Lipinski definition) is 0. The molecule has 0 unspecified atom stereocenters. The molecule has 0 aliphatic heterocycles. The normalized spacial score (nSPS) is 25.9. The fourth-order valence-electron chi connectivity index (χ4n) is 1.84. The minimum Gasteiger partial charge on any atom is -0.454 e. The van der Waals surface area contributed by atoms with Gasteiger partial charge in [0.2, 0.25) is 0 Å². The summed E-state index contributed by atoms with van der Waals surface area (Å²) in [7, 11) is 0. The van der Waals surface area contributed by atoms with Crippen LogP contribution in [0.3, 0.4) is 0 Å². The van der Waals surface area contributed by atoms with Crippen LogP contribution in [0, 0.1) is 0 Å². The number of carbonyl (C=O) groups excluding carboxylic acids is 2. The highest BCUT2D eigenvalue weighted by Gasteiger charge is 2.30. The molecule has 0 saturated heterocycles. The second kappa shape index (κ2) is 5.04. The molecule has 0 spiro atoms. The molecule has 0 bridgehead atoms. The van der Waals surface area contributed by atoms with Crippen LogP contribution in [0.2, 0.25) is 0 Å². The third-order valence-electron chi connectivity index (χ3n) is 2.48. The van der Waals surface area contributed by atoms with Gasteiger partial charge in [0, 0.05) is 19.4 Å². The smallest absolute Gasteiger partial charge is 0.303 e. The van der Waals surface area contributed by atoms with Crippen molar-refractivity contribution >= 4 is 18.0 Å². The predicted molar refractivity (Wildman–Crippen MR) is 65.5 cm³/mol. The summed E-state index contributed by atoms with van der Waals surface area (Å²) < 4.78 is 18.6. The highest BCUT2D eigenvalue weighted by molar-refractivity contribution is 5.69. The molecule has 0 amide bonds. The van der Waals surface area contributed by atoms with E-state index in [2.05, 4.69) is 0 Å². The van der Waals surface area contributed by atoms with E-state index in [1.54, 1.807) is 24.3 Å². The second-order valence-electron chi connectivity index (χ2n) is 3.93. The van der Waals surface area contributed by atoms with Crippen LogP contribution in [0.5, 0.6) is 0 Å². The number of rotatable bonds is 2. The SMILES string of the molecule is [2H][C@]1(OC(C)=O)c2ccccc2C=C[C@@H]1OC(C)=O. The van der Waals surface area contributed by atoms with Gasteiger partial charge in [0.05, 0.1) is 1.37 Å². The van der Waals surface area contributed by atoms with Gasteiger partial charge in [-0.15, -0.1) is 0 Å². The fourth-order valence-corrected chi connectivity index (χ4v) is 1.84. The topological polar surface area (TPSA) is 52.6 Å². The number of carbonyl (C=O) groups is 2. The maximum absolute atomic E-state index is 11.3. The molecule has 4 nitrogen and oxygen atoms in total. The van der Waals surface area contributed by atoms with Crippen molar-refractivity contribution in [3.05, 3.63) is 41.5 Å². The monoisotopic (exact) mass is 247 g/mol. The molecule has 1 aromatic rings. The van der Waals surface area contributed by atoms with E-state index in [1.165, 1.54) is 13.8 Å². The van der Waals surface area contributed by atoms with Crippen LogP contribution in [0.25, 0.3) is 6.08 Å². The van der Waals surface area contributed by atoms with Crippen molar-refractivity contribution in [3.8, 4) is 0 Å². The van der Waals surface area contributed by atoms with Gasteiger partial charge >= 0.3 is 11.9 Å². The predicted octanol–water partition coefficient (Wildman–Crippen LogP) is 2.25. The lowest BCUT2D eigenvalue weighted by atomic mass is 9.93. The lowest BCUT2D eigenvalue weighted by molar-refractivity contribution is -0.162. The van der Waals surface area contributed by atoms with E-state index < -0.39 is 24.1 Å². The highest BCUT2D eigenvalue weighted by atomic mass is 16.6. The molecular weight excluding hydrogens is 232 g/mol. The summed E-state index contributed by atoms with van der Waals surface area (Å²) in [6.45, 7) is 2.48. The van der Waals surface area contributed by atoms with Gasteiger partial charge in [0.1, 0.15) is 0 Å². The molecule has 18 heavy (non-hydrogen) atoms. The van der Waals surface area contributed by atoms with Crippen LogP contribution in [0.1, 0.15) is 32.4 Å². The third-order valence-corrected chi connectivity index (χ3v) is 2.48. The molecule has 94 valence electrons. The zero-order valence-electron chi connectivity index (χ0n) is 11.2. The van der Waals surface area contributed by atoms with E-state index in [0.29, 0.717) is 5.56 Å². The fraction of sp³-hybridized carbons (Fsp3) is 0.286. The van der Waals surface area contributed by atoms with Gasteiger partial charge in [0.15, 0.2) is 12.2 Å². The standard InChI is InChI=1S/C14H14O4/c1-9(15)17-13-8-7-11-5-3-4-6-12(11)14(13)18-10(2)16/h3-8,13-14H,1-2H3/t13-,14-/m0/s1/i14D. The Hall–Kier alpha value is -2.10. The summed E-state index contributed by atoms with van der Waals surface area (Å²) in [6.07, 6.45) is 0.602. The second-order valence-corrected chi connectivity index (χ2v) is 3.93. The maximum Gasteiger partial charge on any atom is 0.303 e. The number of fused-ring (bicyclic) bond motifs is 1. The summed E-state index contributed by atoms with van der Waals surface area (Å²) >= 11 is 0.